The van der Waals surface area contributed by atoms with Crippen molar-refractivity contribution in [2.75, 3.05) is 4.90 Å². The summed E-state index contributed by atoms with van der Waals surface area (Å²) in [7, 11) is 0. The van der Waals surface area contributed by atoms with Crippen molar-refractivity contribution in [3.63, 3.8) is 0 Å². The van der Waals surface area contributed by atoms with Gasteiger partial charge in [-0.3, -0.25) is 9.69 Å². The van der Waals surface area contributed by atoms with E-state index in [1.807, 2.05) is 0 Å². The molecule has 4 heteroatoms. The molecule has 1 heterocycles. The van der Waals surface area contributed by atoms with Crippen LogP contribution in [0, 0.1) is 6.04 Å². The number of nitrogens with zero attached hydrogens (tertiary/aromatic N) is 2. The summed E-state index contributed by atoms with van der Waals surface area (Å²) in [6, 6.07) is 2.80. The SMILES string of the molecule is O=CN([C]1CCC1)c1ccon1. The van der Waals surface area contributed by atoms with Crippen molar-refractivity contribution in [3.8, 4) is 0 Å². The molecule has 0 aromatic carbocycles. The fourth-order valence-electron chi connectivity index (χ4n) is 1.20. The summed E-state index contributed by atoms with van der Waals surface area (Å²) < 4.78 is 4.65. The lowest BCUT2D eigenvalue weighted by atomic mass is 9.92. The summed E-state index contributed by atoms with van der Waals surface area (Å²) in [4.78, 5) is 12.2. The molecule has 0 bridgehead atoms. The topological polar surface area (TPSA) is 46.3 Å². The Morgan fingerprint density at radius 1 is 1.58 bits per heavy atom. The molecule has 1 fully saturated rings. The van der Waals surface area contributed by atoms with E-state index in [1.165, 1.54) is 6.26 Å². The van der Waals surface area contributed by atoms with Crippen molar-refractivity contribution in [1.82, 2.24) is 5.16 Å². The van der Waals surface area contributed by atoms with Gasteiger partial charge in [-0.1, -0.05) is 5.16 Å². The largest absolute Gasteiger partial charge is 0.363 e. The van der Waals surface area contributed by atoms with E-state index in [9.17, 15) is 4.79 Å². The number of hydrogen-bond donors (Lipinski definition) is 0. The van der Waals surface area contributed by atoms with E-state index in [0.717, 1.165) is 31.7 Å². The van der Waals surface area contributed by atoms with Gasteiger partial charge in [0.2, 0.25) is 6.41 Å². The standard InChI is InChI=1S/C8H9N2O2/c11-6-10(7-2-1-3-7)8-4-5-12-9-8/h4-6H,1-3H2. The molecular formula is C8H9N2O2. The number of carbonyl (C=O) groups excluding carboxylic acids is 1. The third-order valence-corrected chi connectivity index (χ3v) is 2.05. The minimum Gasteiger partial charge on any atom is -0.363 e. The highest BCUT2D eigenvalue weighted by Crippen LogP contribution is 2.33. The molecule has 0 aliphatic heterocycles. The lowest BCUT2D eigenvalue weighted by molar-refractivity contribution is -0.107. The summed E-state index contributed by atoms with van der Waals surface area (Å²) in [5.74, 6) is 0.583. The van der Waals surface area contributed by atoms with Crippen molar-refractivity contribution in [3.05, 3.63) is 18.4 Å². The molecule has 0 unspecified atom stereocenters. The molecule has 63 valence electrons. The molecule has 1 aliphatic carbocycles. The number of carbonyl (C=O) groups is 1. The van der Waals surface area contributed by atoms with E-state index in [2.05, 4.69) is 9.68 Å². The van der Waals surface area contributed by atoms with Crippen LogP contribution in [0.5, 0.6) is 0 Å². The van der Waals surface area contributed by atoms with E-state index in [-0.39, 0.29) is 0 Å². The second kappa shape index (κ2) is 2.97. The maximum atomic E-state index is 10.7. The highest BCUT2D eigenvalue weighted by Gasteiger charge is 2.27. The predicted molar refractivity (Wildman–Crippen MR) is 42.1 cm³/mol. The van der Waals surface area contributed by atoms with Gasteiger partial charge in [0.15, 0.2) is 5.82 Å². The van der Waals surface area contributed by atoms with E-state index < -0.39 is 0 Å². The van der Waals surface area contributed by atoms with Crippen molar-refractivity contribution in [2.45, 2.75) is 19.3 Å². The lowest BCUT2D eigenvalue weighted by Crippen LogP contribution is -2.32. The van der Waals surface area contributed by atoms with Crippen LogP contribution in [-0.4, -0.2) is 11.6 Å². The molecule has 0 N–H and O–H groups in total. The minimum absolute atomic E-state index is 0.583. The first kappa shape index (κ1) is 7.34. The van der Waals surface area contributed by atoms with Crippen LogP contribution in [0.25, 0.3) is 0 Å². The van der Waals surface area contributed by atoms with E-state index in [0.29, 0.717) is 5.82 Å². The normalized spacial score (nSPS) is 17.0. The van der Waals surface area contributed by atoms with Gasteiger partial charge in [0.1, 0.15) is 6.26 Å². The molecule has 2 rings (SSSR count). The van der Waals surface area contributed by atoms with Gasteiger partial charge in [-0.05, 0) is 19.3 Å². The molecule has 1 aromatic rings. The Kier molecular flexibility index (Phi) is 1.81. The monoisotopic (exact) mass is 165 g/mol. The lowest BCUT2D eigenvalue weighted by Gasteiger charge is -2.31. The first-order valence-corrected chi connectivity index (χ1v) is 3.91. The molecule has 1 aromatic heterocycles. The van der Waals surface area contributed by atoms with E-state index in [4.69, 9.17) is 0 Å². The molecular weight excluding hydrogens is 156 g/mol. The Bertz CT molecular complexity index is 254. The van der Waals surface area contributed by atoms with Crippen LogP contribution in [0.1, 0.15) is 19.3 Å². The van der Waals surface area contributed by atoms with Gasteiger partial charge < -0.3 is 4.52 Å². The maximum Gasteiger partial charge on any atom is 0.215 e. The summed E-state index contributed by atoms with van der Waals surface area (Å²) in [6.45, 7) is 0. The molecule has 1 saturated carbocycles. The molecule has 0 saturated heterocycles. The van der Waals surface area contributed by atoms with E-state index in [1.54, 1.807) is 11.0 Å². The van der Waals surface area contributed by atoms with Gasteiger partial charge in [-0.15, -0.1) is 0 Å². The average Bonchev–Trinajstić information content (AvgIpc) is 2.47. The molecule has 1 aliphatic rings. The second-order valence-electron chi connectivity index (χ2n) is 2.75. The third kappa shape index (κ3) is 1.09. The van der Waals surface area contributed by atoms with Gasteiger partial charge in [-0.25, -0.2) is 0 Å². The van der Waals surface area contributed by atoms with Gasteiger partial charge in [-0.2, -0.15) is 0 Å². The number of amides is 1. The summed E-state index contributed by atoms with van der Waals surface area (Å²) in [5.41, 5.74) is 0. The maximum absolute atomic E-state index is 10.7. The molecule has 0 spiro atoms. The van der Waals surface area contributed by atoms with Crippen molar-refractivity contribution < 1.29 is 9.32 Å². The molecule has 12 heavy (non-hydrogen) atoms. The smallest absolute Gasteiger partial charge is 0.215 e. The van der Waals surface area contributed by atoms with Crippen molar-refractivity contribution in [1.29, 1.82) is 0 Å². The Balaban J connectivity index is 2.12. The number of anilines is 1. The van der Waals surface area contributed by atoms with Crippen LogP contribution in [0.15, 0.2) is 16.9 Å². The fourth-order valence-corrected chi connectivity index (χ4v) is 1.20. The van der Waals surface area contributed by atoms with Crippen LogP contribution in [0.4, 0.5) is 5.82 Å². The highest BCUT2D eigenvalue weighted by atomic mass is 16.5. The highest BCUT2D eigenvalue weighted by molar-refractivity contribution is 5.76. The molecule has 4 nitrogen and oxygen atoms in total. The predicted octanol–water partition coefficient (Wildman–Crippen LogP) is 1.35. The van der Waals surface area contributed by atoms with Gasteiger partial charge in [0.05, 0.1) is 6.04 Å². The Morgan fingerprint density at radius 2 is 2.42 bits per heavy atom. The minimum atomic E-state index is 0.583. The van der Waals surface area contributed by atoms with Gasteiger partial charge in [0, 0.05) is 6.07 Å². The summed E-state index contributed by atoms with van der Waals surface area (Å²) in [6.07, 6.45) is 5.39. The van der Waals surface area contributed by atoms with Crippen LogP contribution in [0.2, 0.25) is 0 Å². The van der Waals surface area contributed by atoms with Crippen LogP contribution >= 0.6 is 0 Å². The zero-order valence-electron chi connectivity index (χ0n) is 6.56. The number of hydrogen-bond acceptors (Lipinski definition) is 3. The quantitative estimate of drug-likeness (QED) is 0.635. The number of aromatic nitrogens is 1. The first-order chi connectivity index (χ1) is 5.92. The molecule has 0 atom stereocenters. The van der Waals surface area contributed by atoms with Crippen LogP contribution < -0.4 is 4.90 Å². The number of rotatable bonds is 3. The summed E-state index contributed by atoms with van der Waals surface area (Å²) in [5, 5.41) is 3.69. The van der Waals surface area contributed by atoms with E-state index >= 15 is 0 Å². The second-order valence-corrected chi connectivity index (χ2v) is 2.75. The van der Waals surface area contributed by atoms with Gasteiger partial charge in [0.25, 0.3) is 0 Å². The molecule has 1 amide bonds. The van der Waals surface area contributed by atoms with Crippen LogP contribution in [-0.2, 0) is 4.79 Å². The Morgan fingerprint density at radius 3 is 2.83 bits per heavy atom. The zero-order valence-corrected chi connectivity index (χ0v) is 6.56. The van der Waals surface area contributed by atoms with Crippen molar-refractivity contribution >= 4 is 12.2 Å². The zero-order chi connectivity index (χ0) is 8.39. The Labute approximate surface area is 70.1 Å². The fraction of sp³-hybridized carbons (Fsp3) is 0.375. The Hall–Kier alpha value is -1.32. The van der Waals surface area contributed by atoms with Gasteiger partial charge >= 0.3 is 0 Å². The van der Waals surface area contributed by atoms with Crippen molar-refractivity contribution in [2.24, 2.45) is 0 Å². The third-order valence-electron chi connectivity index (χ3n) is 2.05. The molecule has 1 radical (unpaired) electrons. The summed E-state index contributed by atoms with van der Waals surface area (Å²) >= 11 is 0. The average molecular weight is 165 g/mol. The first-order valence-electron chi connectivity index (χ1n) is 3.91. The van der Waals surface area contributed by atoms with Crippen LogP contribution in [0.3, 0.4) is 0 Å².